The van der Waals surface area contributed by atoms with E-state index in [0.717, 1.165) is 28.4 Å². The number of hydrogen-bond acceptors (Lipinski definition) is 3. The fourth-order valence-corrected chi connectivity index (χ4v) is 2.18. The number of para-hydroxylation sites is 2. The quantitative estimate of drug-likeness (QED) is 0.598. The van der Waals surface area contributed by atoms with Crippen molar-refractivity contribution in [3.8, 4) is 0 Å². The van der Waals surface area contributed by atoms with Crippen LogP contribution in [0.5, 0.6) is 0 Å². The zero-order valence-electron chi connectivity index (χ0n) is 9.55. The zero-order valence-corrected chi connectivity index (χ0v) is 10.4. The number of thioether (sulfide) groups is 1. The molecule has 4 heteroatoms. The third-order valence-corrected chi connectivity index (χ3v) is 2.97. The van der Waals surface area contributed by atoms with Crippen LogP contribution in [0.3, 0.4) is 0 Å². The number of hydrogen-bond donors (Lipinski definition) is 0. The molecule has 0 radical (unpaired) electrons. The fourth-order valence-electron chi connectivity index (χ4n) is 1.49. The number of aromatic nitrogens is 2. The molecule has 0 bridgehead atoms. The van der Waals surface area contributed by atoms with Gasteiger partial charge >= 0.3 is 0 Å². The molecule has 84 valence electrons. The Morgan fingerprint density at radius 1 is 1.38 bits per heavy atom. The minimum absolute atomic E-state index is 0.933. The van der Waals surface area contributed by atoms with Gasteiger partial charge in [-0.2, -0.15) is 5.10 Å². The third kappa shape index (κ3) is 2.11. The molecule has 0 unspecified atom stereocenters. The Hall–Kier alpha value is -1.29. The lowest BCUT2D eigenvalue weighted by Crippen LogP contribution is -1.92. The molecule has 0 atom stereocenters. The number of rotatable bonds is 4. The molecule has 0 saturated heterocycles. The summed E-state index contributed by atoms with van der Waals surface area (Å²) in [5.74, 6) is 1.00. The second kappa shape index (κ2) is 5.16. The number of fused-ring (bicyclic) bond motifs is 1. The summed E-state index contributed by atoms with van der Waals surface area (Å²) in [4.78, 5) is 4.57. The van der Waals surface area contributed by atoms with Crippen LogP contribution in [0.1, 0.15) is 20.3 Å². The Kier molecular flexibility index (Phi) is 3.62. The smallest absolute Gasteiger partial charge is 0.189 e. The highest BCUT2D eigenvalue weighted by Crippen LogP contribution is 2.23. The van der Waals surface area contributed by atoms with Crippen molar-refractivity contribution >= 4 is 29.0 Å². The maximum atomic E-state index is 4.57. The van der Waals surface area contributed by atoms with Crippen molar-refractivity contribution in [3.63, 3.8) is 0 Å². The molecule has 3 nitrogen and oxygen atoms in total. The summed E-state index contributed by atoms with van der Waals surface area (Å²) in [6.45, 7) is 4.20. The Labute approximate surface area is 99.6 Å². The van der Waals surface area contributed by atoms with Crippen molar-refractivity contribution in [3.05, 3.63) is 24.3 Å². The molecule has 0 saturated carbocycles. The van der Waals surface area contributed by atoms with Gasteiger partial charge in [0.1, 0.15) is 0 Å². The number of nitrogens with zero attached hydrogens (tertiary/aromatic N) is 3. The summed E-state index contributed by atoms with van der Waals surface area (Å²) in [7, 11) is 0. The molecular formula is C12H15N3S. The molecule has 1 aromatic carbocycles. The number of benzene rings is 1. The maximum Gasteiger partial charge on any atom is 0.189 e. The lowest BCUT2D eigenvalue weighted by molar-refractivity contribution is 0.789. The van der Waals surface area contributed by atoms with Crippen molar-refractivity contribution < 1.29 is 0 Å². The lowest BCUT2D eigenvalue weighted by atomic mass is 10.3. The van der Waals surface area contributed by atoms with Crippen LogP contribution >= 0.6 is 11.8 Å². The number of imidazole rings is 1. The van der Waals surface area contributed by atoms with E-state index in [9.17, 15) is 0 Å². The summed E-state index contributed by atoms with van der Waals surface area (Å²) in [5, 5.41) is 5.41. The van der Waals surface area contributed by atoms with Crippen molar-refractivity contribution in [1.29, 1.82) is 0 Å². The van der Waals surface area contributed by atoms with Gasteiger partial charge in [0, 0.05) is 6.21 Å². The second-order valence-corrected chi connectivity index (χ2v) is 4.57. The standard InChI is InChI=1S/C12H15N3S/c1-3-9-13-15-11-8-6-5-7-10(11)14-12(15)16-4-2/h5-9H,3-4H2,1-2H3. The SMILES string of the molecule is CCC=Nn1c(SCC)nc2ccccc21. The van der Waals surface area contributed by atoms with Gasteiger partial charge in [-0.25, -0.2) is 9.66 Å². The first kappa shape index (κ1) is 11.2. The van der Waals surface area contributed by atoms with Gasteiger partial charge in [0.25, 0.3) is 0 Å². The van der Waals surface area contributed by atoms with Crippen LogP contribution in [0, 0.1) is 0 Å². The van der Waals surface area contributed by atoms with Crippen molar-refractivity contribution in [2.75, 3.05) is 5.75 Å². The van der Waals surface area contributed by atoms with Crippen LogP contribution in [-0.2, 0) is 0 Å². The van der Waals surface area contributed by atoms with Gasteiger partial charge in [-0.15, -0.1) is 0 Å². The van der Waals surface area contributed by atoms with Crippen molar-refractivity contribution in [1.82, 2.24) is 9.66 Å². The molecule has 0 spiro atoms. The molecule has 1 heterocycles. The van der Waals surface area contributed by atoms with E-state index in [1.54, 1.807) is 11.8 Å². The van der Waals surface area contributed by atoms with Gasteiger partial charge in [-0.05, 0) is 24.3 Å². The average molecular weight is 233 g/mol. The van der Waals surface area contributed by atoms with Crippen LogP contribution in [0.25, 0.3) is 11.0 Å². The molecule has 0 aliphatic rings. The first-order valence-electron chi connectivity index (χ1n) is 5.50. The topological polar surface area (TPSA) is 30.2 Å². The van der Waals surface area contributed by atoms with Gasteiger partial charge in [-0.3, -0.25) is 0 Å². The summed E-state index contributed by atoms with van der Waals surface area (Å²) in [5.41, 5.74) is 2.08. The molecule has 0 amide bonds. The van der Waals surface area contributed by atoms with Gasteiger partial charge in [0.05, 0.1) is 11.0 Å². The molecule has 1 aromatic heterocycles. The first-order chi connectivity index (χ1) is 7.86. The molecule has 2 rings (SSSR count). The minimum atomic E-state index is 0.933. The van der Waals surface area contributed by atoms with Gasteiger partial charge in [0.15, 0.2) is 5.16 Å². The predicted octanol–water partition coefficient (Wildman–Crippen LogP) is 3.39. The molecular weight excluding hydrogens is 218 g/mol. The fraction of sp³-hybridized carbons (Fsp3) is 0.333. The Bertz CT molecular complexity index is 502. The lowest BCUT2D eigenvalue weighted by Gasteiger charge is -1.99. The highest BCUT2D eigenvalue weighted by Gasteiger charge is 2.08. The van der Waals surface area contributed by atoms with Gasteiger partial charge in [0.2, 0.25) is 0 Å². The van der Waals surface area contributed by atoms with E-state index in [1.807, 2.05) is 29.1 Å². The van der Waals surface area contributed by atoms with E-state index in [2.05, 4.69) is 30.0 Å². The van der Waals surface area contributed by atoms with E-state index < -0.39 is 0 Å². The van der Waals surface area contributed by atoms with Crippen LogP contribution in [-0.4, -0.2) is 21.6 Å². The third-order valence-electron chi connectivity index (χ3n) is 2.16. The Balaban J connectivity index is 2.55. The monoisotopic (exact) mass is 233 g/mol. The van der Waals surface area contributed by atoms with E-state index in [4.69, 9.17) is 0 Å². The maximum absolute atomic E-state index is 4.57. The van der Waals surface area contributed by atoms with Crippen LogP contribution in [0.4, 0.5) is 0 Å². The van der Waals surface area contributed by atoms with Crippen LogP contribution < -0.4 is 0 Å². The first-order valence-corrected chi connectivity index (χ1v) is 6.48. The van der Waals surface area contributed by atoms with Crippen LogP contribution in [0.15, 0.2) is 34.5 Å². The molecule has 0 aliphatic carbocycles. The van der Waals surface area contributed by atoms with Gasteiger partial charge < -0.3 is 0 Å². The normalized spacial score (nSPS) is 11.6. The Morgan fingerprint density at radius 2 is 2.19 bits per heavy atom. The molecule has 0 fully saturated rings. The minimum Gasteiger partial charge on any atom is -0.221 e. The van der Waals surface area contributed by atoms with E-state index in [0.29, 0.717) is 0 Å². The summed E-state index contributed by atoms with van der Waals surface area (Å²) in [6.07, 6.45) is 2.84. The summed E-state index contributed by atoms with van der Waals surface area (Å²) in [6, 6.07) is 8.09. The molecule has 0 aliphatic heterocycles. The Morgan fingerprint density at radius 3 is 2.94 bits per heavy atom. The van der Waals surface area contributed by atoms with Crippen molar-refractivity contribution in [2.24, 2.45) is 5.10 Å². The highest BCUT2D eigenvalue weighted by atomic mass is 32.2. The van der Waals surface area contributed by atoms with Gasteiger partial charge in [-0.1, -0.05) is 37.7 Å². The van der Waals surface area contributed by atoms with E-state index >= 15 is 0 Å². The van der Waals surface area contributed by atoms with E-state index in [1.165, 1.54) is 0 Å². The largest absolute Gasteiger partial charge is 0.221 e. The van der Waals surface area contributed by atoms with Crippen molar-refractivity contribution in [2.45, 2.75) is 25.4 Å². The highest BCUT2D eigenvalue weighted by molar-refractivity contribution is 7.99. The molecule has 2 aromatic rings. The molecule has 16 heavy (non-hydrogen) atoms. The zero-order chi connectivity index (χ0) is 11.4. The molecule has 0 N–H and O–H groups in total. The predicted molar refractivity (Wildman–Crippen MR) is 70.3 cm³/mol. The van der Waals surface area contributed by atoms with E-state index in [-0.39, 0.29) is 0 Å². The second-order valence-electron chi connectivity index (χ2n) is 3.33. The summed E-state index contributed by atoms with van der Waals surface area (Å²) < 4.78 is 1.92. The van der Waals surface area contributed by atoms with Crippen LogP contribution in [0.2, 0.25) is 0 Å². The average Bonchev–Trinajstić information content (AvgIpc) is 2.65. The summed E-state index contributed by atoms with van der Waals surface area (Å²) >= 11 is 1.72.